The monoisotopic (exact) mass is 416 g/mol. The van der Waals surface area contributed by atoms with Gasteiger partial charge in [-0.05, 0) is 55.3 Å². The van der Waals surface area contributed by atoms with Crippen LogP contribution in [0.4, 0.5) is 0 Å². The smallest absolute Gasteiger partial charge is 0.312 e. The van der Waals surface area contributed by atoms with Gasteiger partial charge in [-0.25, -0.2) is 0 Å². The van der Waals surface area contributed by atoms with E-state index in [0.717, 1.165) is 18.4 Å². The van der Waals surface area contributed by atoms with E-state index in [1.165, 1.54) is 7.11 Å². The number of carbonyl (C=O) groups is 3. The second-order valence-corrected chi connectivity index (χ2v) is 10.8. The maximum atomic E-state index is 12.9. The van der Waals surface area contributed by atoms with Crippen molar-refractivity contribution in [3.05, 3.63) is 11.6 Å². The summed E-state index contributed by atoms with van der Waals surface area (Å²) in [5, 5.41) is 11.6. The Balaban J connectivity index is 1.63. The van der Waals surface area contributed by atoms with Crippen molar-refractivity contribution in [2.24, 2.45) is 34.5 Å². The lowest BCUT2D eigenvalue weighted by Crippen LogP contribution is -2.62. The van der Waals surface area contributed by atoms with Crippen LogP contribution >= 0.6 is 0 Å². The lowest BCUT2D eigenvalue weighted by atomic mass is 9.44. The van der Waals surface area contributed by atoms with Gasteiger partial charge in [0, 0.05) is 24.7 Å². The predicted molar refractivity (Wildman–Crippen MR) is 107 cm³/mol. The van der Waals surface area contributed by atoms with E-state index in [1.54, 1.807) is 0 Å². The van der Waals surface area contributed by atoms with Crippen molar-refractivity contribution in [3.8, 4) is 0 Å². The van der Waals surface area contributed by atoms with E-state index in [0.29, 0.717) is 38.5 Å². The Bertz CT molecular complexity index is 847. The first-order chi connectivity index (χ1) is 14.1. The van der Waals surface area contributed by atoms with E-state index in [-0.39, 0.29) is 46.3 Å². The van der Waals surface area contributed by atoms with Crippen LogP contribution in [-0.2, 0) is 23.9 Å². The second-order valence-electron chi connectivity index (χ2n) is 10.8. The standard InChI is InChI=1S/C24H32O6/c1-22-7-4-14(25)10-13(22)11-15(21(28)29-3)19-16-5-8-24(9-6-18(27)30-24)23(16,2)12-17(26)20(19)22/h11,15-17,19-20,26H,4-10,12H2,1-3H3/t15?,16?,17-,19?,20?,22+,23+,24-/m1/s1. The number of rotatable bonds is 1. The Hall–Kier alpha value is -1.69. The van der Waals surface area contributed by atoms with Gasteiger partial charge in [0.2, 0.25) is 0 Å². The maximum Gasteiger partial charge on any atom is 0.312 e. The number of aliphatic hydroxyl groups excluding tert-OH is 1. The Morgan fingerprint density at radius 2 is 1.97 bits per heavy atom. The van der Waals surface area contributed by atoms with E-state index < -0.39 is 17.6 Å². The Morgan fingerprint density at radius 3 is 2.63 bits per heavy atom. The van der Waals surface area contributed by atoms with Gasteiger partial charge in [0.1, 0.15) is 11.4 Å². The molecule has 0 aromatic rings. The van der Waals surface area contributed by atoms with Crippen LogP contribution in [0.1, 0.15) is 65.2 Å². The zero-order valence-corrected chi connectivity index (χ0v) is 18.1. The third-order valence-corrected chi connectivity index (χ3v) is 9.74. The number of allylic oxidation sites excluding steroid dienone is 1. The fourth-order valence-electron chi connectivity index (χ4n) is 8.26. The third kappa shape index (κ3) is 2.43. The summed E-state index contributed by atoms with van der Waals surface area (Å²) in [7, 11) is 1.41. The normalized spacial score (nSPS) is 49.7. The topological polar surface area (TPSA) is 89.9 Å². The summed E-state index contributed by atoms with van der Waals surface area (Å²) in [6.07, 6.45) is 6.34. The highest BCUT2D eigenvalue weighted by Crippen LogP contribution is 2.70. The Kier molecular flexibility index (Phi) is 4.32. The number of hydrogen-bond acceptors (Lipinski definition) is 6. The first-order valence-corrected chi connectivity index (χ1v) is 11.4. The van der Waals surface area contributed by atoms with Gasteiger partial charge in [-0.1, -0.05) is 25.5 Å². The van der Waals surface area contributed by atoms with E-state index in [1.807, 2.05) is 6.08 Å². The van der Waals surface area contributed by atoms with Crippen LogP contribution in [-0.4, -0.2) is 41.6 Å². The van der Waals surface area contributed by atoms with E-state index in [4.69, 9.17) is 9.47 Å². The van der Waals surface area contributed by atoms with E-state index in [9.17, 15) is 19.5 Å². The van der Waals surface area contributed by atoms with Crippen molar-refractivity contribution in [1.29, 1.82) is 0 Å². The highest BCUT2D eigenvalue weighted by atomic mass is 16.6. The number of fused-ring (bicyclic) bond motifs is 6. The number of methoxy groups -OCH3 is 1. The van der Waals surface area contributed by atoms with Crippen LogP contribution in [0.15, 0.2) is 11.6 Å². The number of hydrogen-bond donors (Lipinski definition) is 1. The number of aliphatic hydroxyl groups is 1. The summed E-state index contributed by atoms with van der Waals surface area (Å²) in [5.74, 6) is -0.728. The molecule has 1 heterocycles. The van der Waals surface area contributed by atoms with E-state index >= 15 is 0 Å². The molecule has 6 nitrogen and oxygen atoms in total. The molecule has 4 aliphatic carbocycles. The Morgan fingerprint density at radius 1 is 1.20 bits per heavy atom. The lowest BCUT2D eigenvalue weighted by molar-refractivity contribution is -0.192. The summed E-state index contributed by atoms with van der Waals surface area (Å²) in [6, 6.07) is 0. The first-order valence-electron chi connectivity index (χ1n) is 11.4. The SMILES string of the molecule is COC(=O)C1C=C2CC(=O)CC[C@]2(C)C2C1C1CC[C@@]3(CCC(=O)O3)[C@@]1(C)C[C@H]2O. The van der Waals surface area contributed by atoms with Crippen LogP contribution in [0.25, 0.3) is 0 Å². The highest BCUT2D eigenvalue weighted by Gasteiger charge is 2.70. The molecule has 1 saturated heterocycles. The molecule has 1 N–H and O–H groups in total. The molecule has 8 atom stereocenters. The molecule has 5 rings (SSSR count). The van der Waals surface area contributed by atoms with Gasteiger partial charge in [0.05, 0.1) is 19.1 Å². The zero-order valence-electron chi connectivity index (χ0n) is 18.1. The van der Waals surface area contributed by atoms with Gasteiger partial charge in [-0.15, -0.1) is 0 Å². The quantitative estimate of drug-likeness (QED) is 0.522. The fourth-order valence-corrected chi connectivity index (χ4v) is 8.26. The van der Waals surface area contributed by atoms with E-state index in [2.05, 4.69) is 13.8 Å². The summed E-state index contributed by atoms with van der Waals surface area (Å²) in [5.41, 5.74) is -0.183. The molecule has 30 heavy (non-hydrogen) atoms. The number of Topliss-reactive ketones (excluding diaryl/α,β-unsaturated/α-hetero) is 1. The zero-order chi connectivity index (χ0) is 21.5. The lowest BCUT2D eigenvalue weighted by Gasteiger charge is -2.61. The highest BCUT2D eigenvalue weighted by molar-refractivity contribution is 5.84. The average Bonchev–Trinajstić information content (AvgIpc) is 3.21. The van der Waals surface area contributed by atoms with Crippen molar-refractivity contribution in [1.82, 2.24) is 0 Å². The van der Waals surface area contributed by atoms with Crippen molar-refractivity contribution in [2.45, 2.75) is 76.9 Å². The molecule has 4 unspecified atom stereocenters. The first kappa shape index (κ1) is 20.2. The predicted octanol–water partition coefficient (Wildman–Crippen LogP) is 2.96. The van der Waals surface area contributed by atoms with Gasteiger partial charge in [0.25, 0.3) is 0 Å². The molecule has 0 aromatic heterocycles. The molecule has 5 aliphatic rings. The summed E-state index contributed by atoms with van der Waals surface area (Å²) >= 11 is 0. The molecule has 1 aliphatic heterocycles. The molecule has 3 saturated carbocycles. The molecule has 164 valence electrons. The molecule has 0 radical (unpaired) electrons. The van der Waals surface area contributed by atoms with Gasteiger partial charge in [-0.3, -0.25) is 14.4 Å². The fraction of sp³-hybridized carbons (Fsp3) is 0.792. The molecule has 4 fully saturated rings. The number of carbonyl (C=O) groups excluding carboxylic acids is 3. The van der Waals surface area contributed by atoms with Gasteiger partial charge in [-0.2, -0.15) is 0 Å². The molecule has 0 bridgehead atoms. The van der Waals surface area contributed by atoms with Gasteiger partial charge < -0.3 is 14.6 Å². The molecule has 0 aromatic carbocycles. The van der Waals surface area contributed by atoms with Gasteiger partial charge in [0.15, 0.2) is 0 Å². The van der Waals surface area contributed by atoms with Crippen LogP contribution in [0.2, 0.25) is 0 Å². The molecule has 6 heteroatoms. The van der Waals surface area contributed by atoms with Crippen LogP contribution in [0, 0.1) is 34.5 Å². The van der Waals surface area contributed by atoms with Gasteiger partial charge >= 0.3 is 11.9 Å². The molecular formula is C24H32O6. The number of ether oxygens (including phenoxy) is 2. The van der Waals surface area contributed by atoms with Crippen molar-refractivity contribution in [3.63, 3.8) is 0 Å². The summed E-state index contributed by atoms with van der Waals surface area (Å²) in [6.45, 7) is 4.33. The van der Waals surface area contributed by atoms with Crippen LogP contribution < -0.4 is 0 Å². The number of esters is 2. The molecular weight excluding hydrogens is 384 g/mol. The minimum atomic E-state index is -0.611. The maximum absolute atomic E-state index is 12.9. The van der Waals surface area contributed by atoms with Crippen molar-refractivity contribution >= 4 is 17.7 Å². The van der Waals surface area contributed by atoms with Crippen LogP contribution in [0.5, 0.6) is 0 Å². The molecule has 1 spiro atoms. The van der Waals surface area contributed by atoms with Crippen molar-refractivity contribution in [2.75, 3.05) is 7.11 Å². The van der Waals surface area contributed by atoms with Crippen molar-refractivity contribution < 1.29 is 29.0 Å². The Labute approximate surface area is 177 Å². The minimum absolute atomic E-state index is 0.0770. The summed E-state index contributed by atoms with van der Waals surface area (Å²) in [4.78, 5) is 37.2. The largest absolute Gasteiger partial charge is 0.469 e. The number of ketones is 1. The average molecular weight is 417 g/mol. The van der Waals surface area contributed by atoms with Crippen LogP contribution in [0.3, 0.4) is 0 Å². The summed E-state index contributed by atoms with van der Waals surface area (Å²) < 4.78 is 11.1. The third-order valence-electron chi connectivity index (χ3n) is 9.74. The minimum Gasteiger partial charge on any atom is -0.469 e. The molecule has 0 amide bonds. The second kappa shape index (κ2) is 6.41.